The standard InChI is InChI=1S/C11H13O3/c1-9(2)8-13-14-11(12)10-6-4-3-5-7-10/h3-9H,1-2H3. The van der Waals surface area contributed by atoms with Crippen molar-refractivity contribution in [3.05, 3.63) is 42.5 Å². The molecule has 0 atom stereocenters. The molecule has 1 aromatic rings. The number of rotatable bonds is 4. The van der Waals surface area contributed by atoms with Crippen LogP contribution in [-0.2, 0) is 9.78 Å². The van der Waals surface area contributed by atoms with Crippen LogP contribution in [0.1, 0.15) is 24.2 Å². The van der Waals surface area contributed by atoms with E-state index in [1.54, 1.807) is 24.3 Å². The molecule has 14 heavy (non-hydrogen) atoms. The third kappa shape index (κ3) is 3.58. The number of carbonyl (C=O) groups is 1. The molecule has 0 aliphatic carbocycles. The summed E-state index contributed by atoms with van der Waals surface area (Å²) in [4.78, 5) is 20.4. The normalized spacial score (nSPS) is 10.2. The Hall–Kier alpha value is -1.35. The second kappa shape index (κ2) is 5.40. The second-order valence-corrected chi connectivity index (χ2v) is 3.21. The summed E-state index contributed by atoms with van der Waals surface area (Å²) >= 11 is 0. The lowest BCUT2D eigenvalue weighted by Crippen LogP contribution is -2.06. The summed E-state index contributed by atoms with van der Waals surface area (Å²) in [7, 11) is 0. The number of hydrogen-bond acceptors (Lipinski definition) is 3. The predicted molar refractivity (Wildman–Crippen MR) is 52.1 cm³/mol. The van der Waals surface area contributed by atoms with Crippen LogP contribution in [0, 0.1) is 12.5 Å². The maximum atomic E-state index is 11.3. The lowest BCUT2D eigenvalue weighted by atomic mass is 10.2. The van der Waals surface area contributed by atoms with Crippen LogP contribution in [0.25, 0.3) is 0 Å². The highest BCUT2D eigenvalue weighted by Gasteiger charge is 2.07. The van der Waals surface area contributed by atoms with Crippen LogP contribution in [0.2, 0.25) is 0 Å². The molecular weight excluding hydrogens is 180 g/mol. The van der Waals surface area contributed by atoms with E-state index in [1.165, 1.54) is 6.61 Å². The quantitative estimate of drug-likeness (QED) is 0.544. The SMILES string of the molecule is CC(C)[CH]OOC(=O)c1ccccc1. The molecule has 0 saturated heterocycles. The molecule has 0 bridgehead atoms. The minimum atomic E-state index is -0.484. The van der Waals surface area contributed by atoms with Crippen LogP contribution in [0.15, 0.2) is 30.3 Å². The zero-order chi connectivity index (χ0) is 10.4. The molecule has 0 aliphatic rings. The number of benzene rings is 1. The fourth-order valence-corrected chi connectivity index (χ4v) is 0.805. The summed E-state index contributed by atoms with van der Waals surface area (Å²) in [6.07, 6.45) is 0. The third-order valence-electron chi connectivity index (χ3n) is 1.46. The molecule has 75 valence electrons. The van der Waals surface area contributed by atoms with E-state index >= 15 is 0 Å². The fourth-order valence-electron chi connectivity index (χ4n) is 0.805. The number of carbonyl (C=O) groups excluding carboxylic acids is 1. The van der Waals surface area contributed by atoms with Gasteiger partial charge in [0, 0.05) is 0 Å². The van der Waals surface area contributed by atoms with Crippen molar-refractivity contribution < 1.29 is 14.6 Å². The smallest absolute Gasteiger partial charge is 0.292 e. The molecule has 0 saturated carbocycles. The Morgan fingerprint density at radius 3 is 2.50 bits per heavy atom. The van der Waals surface area contributed by atoms with Crippen LogP contribution < -0.4 is 0 Å². The van der Waals surface area contributed by atoms with Gasteiger partial charge in [-0.05, 0) is 18.1 Å². The molecule has 0 spiro atoms. The van der Waals surface area contributed by atoms with Crippen molar-refractivity contribution in [1.82, 2.24) is 0 Å². The van der Waals surface area contributed by atoms with Gasteiger partial charge < -0.3 is 0 Å². The van der Waals surface area contributed by atoms with Gasteiger partial charge in [0.1, 0.15) is 6.61 Å². The minimum absolute atomic E-state index is 0.221. The maximum absolute atomic E-state index is 11.3. The molecule has 1 radical (unpaired) electrons. The molecule has 3 heteroatoms. The highest BCUT2D eigenvalue weighted by Crippen LogP contribution is 2.04. The summed E-state index contributed by atoms with van der Waals surface area (Å²) < 4.78 is 0. The van der Waals surface area contributed by atoms with Gasteiger partial charge in [0.15, 0.2) is 0 Å². The van der Waals surface area contributed by atoms with Crippen molar-refractivity contribution >= 4 is 5.97 Å². The van der Waals surface area contributed by atoms with E-state index in [0.717, 1.165) is 0 Å². The lowest BCUT2D eigenvalue weighted by molar-refractivity contribution is -0.217. The van der Waals surface area contributed by atoms with Gasteiger partial charge in [0.25, 0.3) is 0 Å². The van der Waals surface area contributed by atoms with Gasteiger partial charge in [-0.25, -0.2) is 4.79 Å². The molecule has 1 rings (SSSR count). The van der Waals surface area contributed by atoms with E-state index in [9.17, 15) is 4.79 Å². The summed E-state index contributed by atoms with van der Waals surface area (Å²) in [6, 6.07) is 8.70. The van der Waals surface area contributed by atoms with Crippen LogP contribution in [0.5, 0.6) is 0 Å². The first-order chi connectivity index (χ1) is 6.70. The van der Waals surface area contributed by atoms with Crippen molar-refractivity contribution in [2.24, 2.45) is 5.92 Å². The Morgan fingerprint density at radius 1 is 1.29 bits per heavy atom. The number of hydrogen-bond donors (Lipinski definition) is 0. The van der Waals surface area contributed by atoms with Crippen molar-refractivity contribution in [3.8, 4) is 0 Å². The van der Waals surface area contributed by atoms with E-state index in [1.807, 2.05) is 19.9 Å². The average molecular weight is 193 g/mol. The van der Waals surface area contributed by atoms with E-state index in [4.69, 9.17) is 0 Å². The molecule has 0 unspecified atom stereocenters. The van der Waals surface area contributed by atoms with Crippen LogP contribution in [-0.4, -0.2) is 5.97 Å². The molecule has 0 aromatic heterocycles. The van der Waals surface area contributed by atoms with E-state index in [-0.39, 0.29) is 5.92 Å². The topological polar surface area (TPSA) is 35.5 Å². The second-order valence-electron chi connectivity index (χ2n) is 3.21. The predicted octanol–water partition coefficient (Wildman–Crippen LogP) is 2.59. The van der Waals surface area contributed by atoms with Crippen molar-refractivity contribution in [3.63, 3.8) is 0 Å². The Bertz CT molecular complexity index is 280. The highest BCUT2D eigenvalue weighted by atomic mass is 17.2. The highest BCUT2D eigenvalue weighted by molar-refractivity contribution is 5.88. The van der Waals surface area contributed by atoms with Gasteiger partial charge in [-0.3, -0.25) is 4.89 Å². The molecule has 0 aliphatic heterocycles. The molecule has 0 N–H and O–H groups in total. The Balaban J connectivity index is 2.36. The largest absolute Gasteiger partial charge is 0.373 e. The summed E-state index contributed by atoms with van der Waals surface area (Å²) in [5.41, 5.74) is 0.477. The van der Waals surface area contributed by atoms with Crippen LogP contribution >= 0.6 is 0 Å². The van der Waals surface area contributed by atoms with Gasteiger partial charge in [-0.15, -0.1) is 0 Å². The van der Waals surface area contributed by atoms with Gasteiger partial charge in [-0.1, -0.05) is 32.0 Å². The Labute approximate surface area is 83.6 Å². The van der Waals surface area contributed by atoms with Gasteiger partial charge >= 0.3 is 5.97 Å². The van der Waals surface area contributed by atoms with Crippen molar-refractivity contribution in [1.29, 1.82) is 0 Å². The van der Waals surface area contributed by atoms with E-state index in [0.29, 0.717) is 5.56 Å². The van der Waals surface area contributed by atoms with Gasteiger partial charge in [0.05, 0.1) is 5.56 Å². The Morgan fingerprint density at radius 2 is 1.93 bits per heavy atom. The van der Waals surface area contributed by atoms with Crippen LogP contribution in [0.3, 0.4) is 0 Å². The fraction of sp³-hybridized carbons (Fsp3) is 0.273. The first-order valence-electron chi connectivity index (χ1n) is 4.46. The zero-order valence-electron chi connectivity index (χ0n) is 8.27. The summed E-state index contributed by atoms with van der Waals surface area (Å²) in [5, 5.41) is 0. The van der Waals surface area contributed by atoms with Gasteiger partial charge in [-0.2, -0.15) is 4.89 Å². The average Bonchev–Trinajstić information content (AvgIpc) is 2.18. The zero-order valence-corrected chi connectivity index (χ0v) is 8.27. The Kier molecular flexibility index (Phi) is 4.13. The molecule has 0 amide bonds. The molecule has 0 fully saturated rings. The van der Waals surface area contributed by atoms with Crippen molar-refractivity contribution in [2.75, 3.05) is 0 Å². The lowest BCUT2D eigenvalue weighted by Gasteiger charge is -2.04. The summed E-state index contributed by atoms with van der Waals surface area (Å²) in [5.74, 6) is -0.263. The van der Waals surface area contributed by atoms with Crippen molar-refractivity contribution in [2.45, 2.75) is 13.8 Å². The molecule has 0 heterocycles. The third-order valence-corrected chi connectivity index (χ3v) is 1.46. The van der Waals surface area contributed by atoms with E-state index < -0.39 is 5.97 Å². The van der Waals surface area contributed by atoms with Crippen LogP contribution in [0.4, 0.5) is 0 Å². The first-order valence-corrected chi connectivity index (χ1v) is 4.46. The molecule has 3 nitrogen and oxygen atoms in total. The van der Waals surface area contributed by atoms with E-state index in [2.05, 4.69) is 9.78 Å². The molecular formula is C11H13O3. The summed E-state index contributed by atoms with van der Waals surface area (Å²) in [6.45, 7) is 5.31. The maximum Gasteiger partial charge on any atom is 0.373 e. The first kappa shape index (κ1) is 10.7. The van der Waals surface area contributed by atoms with Gasteiger partial charge in [0.2, 0.25) is 0 Å². The minimum Gasteiger partial charge on any atom is -0.292 e. The monoisotopic (exact) mass is 193 g/mol. The molecule has 1 aromatic carbocycles.